The number of phenolic OH excluding ortho intramolecular Hbond substituents is 1. The van der Waals surface area contributed by atoms with Crippen molar-refractivity contribution in [3.05, 3.63) is 28.2 Å². The van der Waals surface area contributed by atoms with Crippen LogP contribution in [0.25, 0.3) is 0 Å². The largest absolute Gasteiger partial charge is 0.508 e. The van der Waals surface area contributed by atoms with Crippen molar-refractivity contribution in [3.63, 3.8) is 0 Å². The summed E-state index contributed by atoms with van der Waals surface area (Å²) in [4.78, 5) is 2.54. The van der Waals surface area contributed by atoms with Crippen LogP contribution in [-0.4, -0.2) is 36.2 Å². The van der Waals surface area contributed by atoms with Crippen LogP contribution in [-0.2, 0) is 0 Å². The number of benzene rings is 1. The molecule has 1 aliphatic rings. The molecule has 0 aromatic heterocycles. The van der Waals surface area contributed by atoms with E-state index >= 15 is 0 Å². The lowest BCUT2D eigenvalue weighted by Crippen LogP contribution is -2.45. The van der Waals surface area contributed by atoms with Crippen molar-refractivity contribution in [2.24, 2.45) is 5.92 Å². The molecule has 0 unspecified atom stereocenters. The van der Waals surface area contributed by atoms with Gasteiger partial charge in [0.25, 0.3) is 0 Å². The normalized spacial score (nSPS) is 16.7. The van der Waals surface area contributed by atoms with Gasteiger partial charge < -0.3 is 10.4 Å². The summed E-state index contributed by atoms with van der Waals surface area (Å²) in [6.07, 6.45) is 2.34. The molecule has 1 saturated heterocycles. The second-order valence-electron chi connectivity index (χ2n) is 5.98. The highest BCUT2D eigenvalue weighted by atomic mass is 79.9. The van der Waals surface area contributed by atoms with Gasteiger partial charge in [-0.3, -0.25) is 4.90 Å². The zero-order valence-corrected chi connectivity index (χ0v) is 16.4. The van der Waals surface area contributed by atoms with Crippen LogP contribution in [0.3, 0.4) is 0 Å². The molecule has 0 radical (unpaired) electrons. The van der Waals surface area contributed by atoms with Crippen LogP contribution in [0.4, 0.5) is 0 Å². The summed E-state index contributed by atoms with van der Waals surface area (Å²) in [5, 5.41) is 13.2. The van der Waals surface area contributed by atoms with E-state index < -0.39 is 0 Å². The Kier molecular flexibility index (Phi) is 10.7. The molecule has 1 heterocycles. The Bertz CT molecular complexity index is 440. The number of hydrogen-bond acceptors (Lipinski definition) is 3. The Balaban J connectivity index is 0.00000220. The molecule has 1 aromatic carbocycles. The van der Waals surface area contributed by atoms with Gasteiger partial charge in [0.15, 0.2) is 0 Å². The third kappa shape index (κ3) is 6.25. The lowest BCUT2D eigenvalue weighted by molar-refractivity contribution is 0.159. The maximum absolute atomic E-state index is 9.81. The molecule has 22 heavy (non-hydrogen) atoms. The molecule has 1 fully saturated rings. The molecule has 1 aliphatic heterocycles. The fraction of sp³-hybridized carbons (Fsp3) is 0.625. The zero-order chi connectivity index (χ0) is 14.5. The topological polar surface area (TPSA) is 35.5 Å². The minimum Gasteiger partial charge on any atom is -0.508 e. The molecular weight excluding hydrogens is 387 g/mol. The van der Waals surface area contributed by atoms with Crippen LogP contribution < -0.4 is 5.32 Å². The predicted molar refractivity (Wildman–Crippen MR) is 102 cm³/mol. The van der Waals surface area contributed by atoms with Gasteiger partial charge in [-0.25, -0.2) is 0 Å². The number of rotatable bonds is 5. The number of phenols is 1. The summed E-state index contributed by atoms with van der Waals surface area (Å²) in [6.45, 7) is 8.79. The van der Waals surface area contributed by atoms with Gasteiger partial charge in [0.2, 0.25) is 0 Å². The summed E-state index contributed by atoms with van der Waals surface area (Å²) in [6, 6.07) is 6.00. The maximum Gasteiger partial charge on any atom is 0.115 e. The summed E-state index contributed by atoms with van der Waals surface area (Å²) in [7, 11) is 0. The van der Waals surface area contributed by atoms with Gasteiger partial charge in [0, 0.05) is 36.7 Å². The highest BCUT2D eigenvalue weighted by Gasteiger charge is 2.24. The number of nitrogens with one attached hydrogen (secondary N) is 1. The van der Waals surface area contributed by atoms with Gasteiger partial charge in [-0.1, -0.05) is 29.8 Å². The first-order valence-corrected chi connectivity index (χ1v) is 8.30. The van der Waals surface area contributed by atoms with Crippen molar-refractivity contribution in [1.29, 1.82) is 0 Å². The van der Waals surface area contributed by atoms with E-state index in [1.54, 1.807) is 6.07 Å². The van der Waals surface area contributed by atoms with Crippen molar-refractivity contribution in [2.45, 2.75) is 32.7 Å². The number of piperazine rings is 1. The average Bonchev–Trinajstić information content (AvgIpc) is 2.43. The van der Waals surface area contributed by atoms with Gasteiger partial charge in [0.1, 0.15) is 5.75 Å². The van der Waals surface area contributed by atoms with Gasteiger partial charge in [-0.05, 0) is 42.5 Å². The van der Waals surface area contributed by atoms with Crippen molar-refractivity contribution in [1.82, 2.24) is 10.2 Å². The van der Waals surface area contributed by atoms with Crippen LogP contribution in [0.2, 0.25) is 0 Å². The maximum atomic E-state index is 9.81. The van der Waals surface area contributed by atoms with Crippen molar-refractivity contribution < 1.29 is 5.11 Å². The van der Waals surface area contributed by atoms with Crippen LogP contribution in [0.1, 0.15) is 38.3 Å². The van der Waals surface area contributed by atoms with Gasteiger partial charge in [-0.15, -0.1) is 24.8 Å². The zero-order valence-electron chi connectivity index (χ0n) is 13.2. The monoisotopic (exact) mass is 412 g/mol. The Morgan fingerprint density at radius 1 is 1.18 bits per heavy atom. The first kappa shape index (κ1) is 22.0. The molecule has 2 rings (SSSR count). The summed E-state index contributed by atoms with van der Waals surface area (Å²) in [5.41, 5.74) is 1.22. The fourth-order valence-electron chi connectivity index (χ4n) is 2.81. The number of hydrogen-bond donors (Lipinski definition) is 2. The van der Waals surface area contributed by atoms with Crippen LogP contribution in [0.15, 0.2) is 22.7 Å². The Labute approximate surface area is 154 Å². The SMILES string of the molecule is CC(C)CC[C@@H](c1cc(O)ccc1Br)N1CCNCC1.Cl.Cl. The third-order valence-electron chi connectivity index (χ3n) is 3.95. The van der Waals surface area contributed by atoms with Gasteiger partial charge >= 0.3 is 0 Å². The molecule has 3 nitrogen and oxygen atoms in total. The summed E-state index contributed by atoms with van der Waals surface area (Å²) >= 11 is 3.65. The van der Waals surface area contributed by atoms with E-state index in [4.69, 9.17) is 0 Å². The average molecular weight is 414 g/mol. The summed E-state index contributed by atoms with van der Waals surface area (Å²) < 4.78 is 1.10. The van der Waals surface area contributed by atoms with E-state index in [2.05, 4.69) is 40.0 Å². The quantitative estimate of drug-likeness (QED) is 0.751. The first-order valence-electron chi connectivity index (χ1n) is 7.51. The minimum absolute atomic E-state index is 0. The standard InChI is InChI=1S/C16H25BrN2O.2ClH/c1-12(2)3-6-16(19-9-7-18-8-10-19)14-11-13(20)4-5-15(14)17;;/h4-5,11-12,16,18,20H,3,6-10H2,1-2H3;2*1H/t16-;;/m0../s1. The van der Waals surface area contributed by atoms with Crippen molar-refractivity contribution in [2.75, 3.05) is 26.2 Å². The van der Waals surface area contributed by atoms with E-state index in [0.717, 1.165) is 37.1 Å². The highest BCUT2D eigenvalue weighted by molar-refractivity contribution is 9.10. The molecule has 128 valence electrons. The molecule has 6 heteroatoms. The molecule has 0 saturated carbocycles. The van der Waals surface area contributed by atoms with E-state index in [9.17, 15) is 5.11 Å². The molecule has 0 aliphatic carbocycles. The second kappa shape index (κ2) is 10.7. The van der Waals surface area contributed by atoms with Gasteiger partial charge in [0.05, 0.1) is 0 Å². The van der Waals surface area contributed by atoms with Gasteiger partial charge in [-0.2, -0.15) is 0 Å². The molecule has 0 bridgehead atoms. The first-order chi connectivity index (χ1) is 9.58. The lowest BCUT2D eigenvalue weighted by Gasteiger charge is -2.36. The number of nitrogens with zero attached hydrogens (tertiary/aromatic N) is 1. The second-order valence-corrected chi connectivity index (χ2v) is 6.83. The molecule has 1 atom stereocenters. The molecular formula is C16H27BrCl2N2O. The Hall–Kier alpha value is -0.000000000000000222. The van der Waals surface area contributed by atoms with E-state index in [1.807, 2.05) is 12.1 Å². The number of halogens is 3. The van der Waals surface area contributed by atoms with Crippen LogP contribution >= 0.6 is 40.7 Å². The predicted octanol–water partition coefficient (Wildman–Crippen LogP) is 4.38. The Morgan fingerprint density at radius 3 is 2.41 bits per heavy atom. The van der Waals surface area contributed by atoms with Crippen LogP contribution in [0, 0.1) is 5.92 Å². The van der Waals surface area contributed by atoms with Crippen molar-refractivity contribution >= 4 is 40.7 Å². The summed E-state index contributed by atoms with van der Waals surface area (Å²) in [5.74, 6) is 1.06. The van der Waals surface area contributed by atoms with Crippen molar-refractivity contribution in [3.8, 4) is 5.75 Å². The lowest BCUT2D eigenvalue weighted by atomic mass is 9.95. The van der Waals surface area contributed by atoms with E-state index in [-0.39, 0.29) is 24.8 Å². The molecule has 1 aromatic rings. The smallest absolute Gasteiger partial charge is 0.115 e. The molecule has 0 spiro atoms. The Morgan fingerprint density at radius 2 is 1.82 bits per heavy atom. The number of aromatic hydroxyl groups is 1. The van der Waals surface area contributed by atoms with E-state index in [0.29, 0.717) is 17.7 Å². The molecule has 2 N–H and O–H groups in total. The third-order valence-corrected chi connectivity index (χ3v) is 4.67. The fourth-order valence-corrected chi connectivity index (χ4v) is 3.32. The minimum atomic E-state index is 0. The van der Waals surface area contributed by atoms with E-state index in [1.165, 1.54) is 12.0 Å². The van der Waals surface area contributed by atoms with Crippen LogP contribution in [0.5, 0.6) is 5.75 Å². The highest BCUT2D eigenvalue weighted by Crippen LogP contribution is 2.34. The molecule has 0 amide bonds.